The lowest BCUT2D eigenvalue weighted by Gasteiger charge is -2.08. The van der Waals surface area contributed by atoms with Gasteiger partial charge in [0.15, 0.2) is 11.5 Å². The van der Waals surface area contributed by atoms with Crippen LogP contribution in [0.4, 0.5) is 0 Å². The Kier molecular flexibility index (Phi) is 6.27. The van der Waals surface area contributed by atoms with E-state index >= 15 is 0 Å². The molecular weight excluding hydrogens is 244 g/mol. The highest BCUT2D eigenvalue weighted by molar-refractivity contribution is 5.81. The van der Waals surface area contributed by atoms with Crippen molar-refractivity contribution in [1.82, 2.24) is 0 Å². The molecule has 4 heteroatoms. The lowest BCUT2D eigenvalue weighted by Crippen LogP contribution is -1.97. The maximum atomic E-state index is 11.0. The van der Waals surface area contributed by atoms with E-state index < -0.39 is 0 Å². The number of carbonyl (C=O) groups excluding carboxylic acids is 1. The summed E-state index contributed by atoms with van der Waals surface area (Å²) in [5.74, 6) is 0.992. The van der Waals surface area contributed by atoms with Gasteiger partial charge in [-0.2, -0.15) is 0 Å². The minimum absolute atomic E-state index is 0.368. The number of hydrogen-bond donors (Lipinski definition) is 0. The van der Waals surface area contributed by atoms with Gasteiger partial charge in [-0.15, -0.1) is 5.73 Å². The van der Waals surface area contributed by atoms with E-state index in [1.54, 1.807) is 27.2 Å². The van der Waals surface area contributed by atoms with E-state index in [4.69, 9.17) is 14.2 Å². The van der Waals surface area contributed by atoms with Crippen LogP contribution in [-0.4, -0.2) is 26.8 Å². The van der Waals surface area contributed by atoms with Gasteiger partial charge in [0.1, 0.15) is 0 Å². The fraction of sp³-hybridized carbons (Fsp3) is 0.333. The van der Waals surface area contributed by atoms with Gasteiger partial charge < -0.3 is 14.2 Å². The molecule has 0 aliphatic heterocycles. The smallest absolute Gasteiger partial charge is 0.338 e. The molecule has 0 N–H and O–H groups in total. The van der Waals surface area contributed by atoms with Crippen molar-refractivity contribution in [2.75, 3.05) is 20.8 Å². The predicted molar refractivity (Wildman–Crippen MR) is 72.5 cm³/mol. The SMILES string of the molecule is CCOC(=O)C=C=CCc1ccc(OC)c(OC)c1. The van der Waals surface area contributed by atoms with Crippen LogP contribution in [0.2, 0.25) is 0 Å². The molecule has 0 atom stereocenters. The fourth-order valence-electron chi connectivity index (χ4n) is 1.50. The molecule has 0 heterocycles. The number of methoxy groups -OCH3 is 2. The highest BCUT2D eigenvalue weighted by Gasteiger charge is 2.03. The first-order valence-corrected chi connectivity index (χ1v) is 5.99. The molecule has 0 aliphatic carbocycles. The van der Waals surface area contributed by atoms with Crippen LogP contribution in [0, 0.1) is 0 Å². The van der Waals surface area contributed by atoms with Crippen LogP contribution in [0.3, 0.4) is 0 Å². The van der Waals surface area contributed by atoms with Crippen molar-refractivity contribution < 1.29 is 19.0 Å². The Bertz CT molecular complexity index is 485. The minimum atomic E-state index is -0.383. The van der Waals surface area contributed by atoms with E-state index in [9.17, 15) is 4.79 Å². The molecule has 1 aromatic rings. The topological polar surface area (TPSA) is 44.8 Å². The first-order chi connectivity index (χ1) is 9.21. The summed E-state index contributed by atoms with van der Waals surface area (Å²) in [6.07, 6.45) is 3.69. The van der Waals surface area contributed by atoms with Crippen molar-refractivity contribution in [2.24, 2.45) is 0 Å². The summed E-state index contributed by atoms with van der Waals surface area (Å²) in [6.45, 7) is 2.13. The predicted octanol–water partition coefficient (Wildman–Crippen LogP) is 2.52. The average Bonchev–Trinajstić information content (AvgIpc) is 2.43. The van der Waals surface area contributed by atoms with Gasteiger partial charge >= 0.3 is 5.97 Å². The quantitative estimate of drug-likeness (QED) is 0.449. The van der Waals surface area contributed by atoms with Crippen molar-refractivity contribution in [3.63, 3.8) is 0 Å². The van der Waals surface area contributed by atoms with E-state index in [1.165, 1.54) is 6.08 Å². The molecule has 0 radical (unpaired) electrons. The van der Waals surface area contributed by atoms with E-state index in [0.29, 0.717) is 24.5 Å². The number of rotatable bonds is 6. The molecule has 0 saturated heterocycles. The molecule has 0 aromatic heterocycles. The Morgan fingerprint density at radius 2 is 2.00 bits per heavy atom. The largest absolute Gasteiger partial charge is 0.493 e. The zero-order chi connectivity index (χ0) is 14.1. The van der Waals surface area contributed by atoms with E-state index in [-0.39, 0.29) is 5.97 Å². The molecule has 0 amide bonds. The molecule has 0 unspecified atom stereocenters. The van der Waals surface area contributed by atoms with Gasteiger partial charge in [-0.1, -0.05) is 6.07 Å². The lowest BCUT2D eigenvalue weighted by atomic mass is 10.1. The summed E-state index contributed by atoms with van der Waals surface area (Å²) in [5, 5.41) is 0. The van der Waals surface area contributed by atoms with Gasteiger partial charge in [0.05, 0.1) is 26.9 Å². The van der Waals surface area contributed by atoms with Crippen LogP contribution in [0.5, 0.6) is 11.5 Å². The molecule has 0 aliphatic rings. The summed E-state index contributed by atoms with van der Waals surface area (Å²) < 4.78 is 15.1. The maximum Gasteiger partial charge on any atom is 0.338 e. The molecule has 1 aromatic carbocycles. The van der Waals surface area contributed by atoms with Gasteiger partial charge in [0.2, 0.25) is 0 Å². The van der Waals surface area contributed by atoms with Crippen LogP contribution in [0.25, 0.3) is 0 Å². The van der Waals surface area contributed by atoms with Crippen molar-refractivity contribution in [3.8, 4) is 11.5 Å². The Morgan fingerprint density at radius 3 is 2.63 bits per heavy atom. The van der Waals surface area contributed by atoms with Crippen LogP contribution >= 0.6 is 0 Å². The second-order valence-electron chi connectivity index (χ2n) is 3.66. The number of ether oxygens (including phenoxy) is 3. The van der Waals surface area contributed by atoms with Crippen LogP contribution in [0.1, 0.15) is 12.5 Å². The Morgan fingerprint density at radius 1 is 1.26 bits per heavy atom. The zero-order valence-electron chi connectivity index (χ0n) is 11.4. The monoisotopic (exact) mass is 262 g/mol. The third-order valence-electron chi connectivity index (χ3n) is 2.39. The van der Waals surface area contributed by atoms with Crippen molar-refractivity contribution in [2.45, 2.75) is 13.3 Å². The number of carbonyl (C=O) groups is 1. The summed E-state index contributed by atoms with van der Waals surface area (Å²) >= 11 is 0. The first kappa shape index (κ1) is 14.9. The van der Waals surface area contributed by atoms with Crippen LogP contribution in [0.15, 0.2) is 36.1 Å². The molecule has 0 spiro atoms. The Labute approximate surface area is 113 Å². The highest BCUT2D eigenvalue weighted by Crippen LogP contribution is 2.27. The number of benzene rings is 1. The number of hydrogen-bond acceptors (Lipinski definition) is 4. The standard InChI is InChI=1S/C15H18O4/c1-4-19-15(16)8-6-5-7-12-9-10-13(17-2)14(11-12)18-3/h5,8-11H,4,7H2,1-3H3. The molecule has 0 bridgehead atoms. The van der Waals surface area contributed by atoms with Gasteiger partial charge in [0.25, 0.3) is 0 Å². The van der Waals surface area contributed by atoms with Gasteiger partial charge in [0, 0.05) is 0 Å². The van der Waals surface area contributed by atoms with Crippen LogP contribution in [-0.2, 0) is 16.0 Å². The highest BCUT2D eigenvalue weighted by atomic mass is 16.5. The molecule has 102 valence electrons. The molecule has 0 saturated carbocycles. The van der Waals surface area contributed by atoms with E-state index in [2.05, 4.69) is 5.73 Å². The summed E-state index contributed by atoms with van der Waals surface area (Å²) in [4.78, 5) is 11.0. The van der Waals surface area contributed by atoms with Crippen LogP contribution < -0.4 is 9.47 Å². The second-order valence-corrected chi connectivity index (χ2v) is 3.66. The van der Waals surface area contributed by atoms with Crippen molar-refractivity contribution in [3.05, 3.63) is 41.6 Å². The van der Waals surface area contributed by atoms with Gasteiger partial charge in [-0.3, -0.25) is 0 Å². The van der Waals surface area contributed by atoms with Crippen molar-refractivity contribution >= 4 is 5.97 Å². The third-order valence-corrected chi connectivity index (χ3v) is 2.39. The maximum absolute atomic E-state index is 11.0. The second kappa shape index (κ2) is 8.01. The molecule has 1 rings (SSSR count). The minimum Gasteiger partial charge on any atom is -0.493 e. The summed E-state index contributed by atoms with van der Waals surface area (Å²) in [5.41, 5.74) is 3.83. The third kappa shape index (κ3) is 4.90. The molecular formula is C15H18O4. The van der Waals surface area contributed by atoms with E-state index in [0.717, 1.165) is 5.56 Å². The Hall–Kier alpha value is -2.19. The normalized spacial score (nSPS) is 9.21. The van der Waals surface area contributed by atoms with Gasteiger partial charge in [-0.25, -0.2) is 4.79 Å². The van der Waals surface area contributed by atoms with Gasteiger partial charge in [-0.05, 0) is 37.1 Å². The first-order valence-electron chi connectivity index (χ1n) is 5.99. The molecule has 0 fully saturated rings. The average molecular weight is 262 g/mol. The Balaban J connectivity index is 2.68. The van der Waals surface area contributed by atoms with Crippen molar-refractivity contribution in [1.29, 1.82) is 0 Å². The summed E-state index contributed by atoms with van der Waals surface area (Å²) in [7, 11) is 3.19. The fourth-order valence-corrected chi connectivity index (χ4v) is 1.50. The zero-order valence-corrected chi connectivity index (χ0v) is 11.4. The summed E-state index contributed by atoms with van der Waals surface area (Å²) in [6, 6.07) is 5.67. The molecule has 19 heavy (non-hydrogen) atoms. The lowest BCUT2D eigenvalue weighted by molar-refractivity contribution is -0.137. The van der Waals surface area contributed by atoms with E-state index in [1.807, 2.05) is 18.2 Å². The number of esters is 1. The molecule has 4 nitrogen and oxygen atoms in total.